The van der Waals surface area contributed by atoms with E-state index in [0.717, 1.165) is 5.56 Å². The van der Waals surface area contributed by atoms with Crippen LogP contribution in [-0.2, 0) is 0 Å². The first kappa shape index (κ1) is 14.6. The molecule has 0 fully saturated rings. The summed E-state index contributed by atoms with van der Waals surface area (Å²) in [6.07, 6.45) is 0. The van der Waals surface area contributed by atoms with E-state index in [-0.39, 0.29) is 5.56 Å². The maximum absolute atomic E-state index is 10.8. The highest BCUT2D eigenvalue weighted by molar-refractivity contribution is 7.07. The smallest absolute Gasteiger partial charge is 0.335 e. The number of benzene rings is 2. The van der Waals surface area contributed by atoms with Gasteiger partial charge in [-0.2, -0.15) is 0 Å². The molecule has 0 radical (unpaired) electrons. The maximum atomic E-state index is 10.8. The fraction of sp³-hybridized carbons (Fsp3) is 0. The molecule has 1 aromatic heterocycles. The highest BCUT2D eigenvalue weighted by atomic mass is 35.5. The standard InChI is InChI=1S/C16H10ClNO3S/c17-12-5-1-10(2-6-12)14-9-22-16(21-14)18-13-7-3-11(4-8-13)15(19)20/h1-9H,(H,19,20). The quantitative estimate of drug-likeness (QED) is 0.763. The van der Waals surface area contributed by atoms with E-state index in [1.165, 1.54) is 23.5 Å². The van der Waals surface area contributed by atoms with Crippen LogP contribution in [0.15, 0.2) is 63.3 Å². The van der Waals surface area contributed by atoms with Crippen LogP contribution in [0.5, 0.6) is 0 Å². The fourth-order valence-electron chi connectivity index (χ4n) is 1.82. The predicted octanol–water partition coefficient (Wildman–Crippen LogP) is 4.59. The summed E-state index contributed by atoms with van der Waals surface area (Å²) in [5.74, 6) is -0.250. The Bertz CT molecular complexity index is 863. The molecule has 0 saturated heterocycles. The minimum absolute atomic E-state index is 0.226. The van der Waals surface area contributed by atoms with E-state index >= 15 is 0 Å². The van der Waals surface area contributed by atoms with Gasteiger partial charge in [0.2, 0.25) is 0 Å². The molecule has 1 N–H and O–H groups in total. The molecule has 4 nitrogen and oxygen atoms in total. The van der Waals surface area contributed by atoms with Gasteiger partial charge in [-0.3, -0.25) is 0 Å². The number of hydrogen-bond acceptors (Lipinski definition) is 4. The monoisotopic (exact) mass is 331 g/mol. The molecular weight excluding hydrogens is 322 g/mol. The first-order valence-corrected chi connectivity index (χ1v) is 7.60. The zero-order valence-electron chi connectivity index (χ0n) is 11.2. The number of carboxylic acid groups (broad SMARTS) is 1. The molecule has 0 amide bonds. The van der Waals surface area contributed by atoms with Gasteiger partial charge in [0.25, 0.3) is 4.87 Å². The van der Waals surface area contributed by atoms with Crippen LogP contribution in [0.25, 0.3) is 11.3 Å². The normalized spacial score (nSPS) is 11.6. The molecule has 0 aliphatic heterocycles. The van der Waals surface area contributed by atoms with E-state index in [4.69, 9.17) is 21.1 Å². The number of carbonyl (C=O) groups is 1. The van der Waals surface area contributed by atoms with Crippen molar-refractivity contribution in [3.8, 4) is 11.3 Å². The SMILES string of the molecule is O=C(O)c1ccc(N=c2oc(-c3ccc(Cl)cc3)cs2)cc1. The largest absolute Gasteiger partial charge is 0.478 e. The van der Waals surface area contributed by atoms with Crippen LogP contribution in [-0.4, -0.2) is 11.1 Å². The predicted molar refractivity (Wildman–Crippen MR) is 85.7 cm³/mol. The van der Waals surface area contributed by atoms with Gasteiger partial charge < -0.3 is 9.52 Å². The lowest BCUT2D eigenvalue weighted by Crippen LogP contribution is -1.94. The molecule has 3 aromatic rings. The van der Waals surface area contributed by atoms with Crippen molar-refractivity contribution in [2.75, 3.05) is 0 Å². The Kier molecular flexibility index (Phi) is 4.09. The second-order valence-corrected chi connectivity index (χ2v) is 5.70. The summed E-state index contributed by atoms with van der Waals surface area (Å²) in [5.41, 5.74) is 1.78. The summed E-state index contributed by atoms with van der Waals surface area (Å²) < 4.78 is 5.68. The molecule has 22 heavy (non-hydrogen) atoms. The van der Waals surface area contributed by atoms with Crippen LogP contribution in [0.3, 0.4) is 0 Å². The maximum Gasteiger partial charge on any atom is 0.335 e. The van der Waals surface area contributed by atoms with Gasteiger partial charge >= 0.3 is 5.97 Å². The van der Waals surface area contributed by atoms with Crippen molar-refractivity contribution < 1.29 is 14.3 Å². The van der Waals surface area contributed by atoms with Crippen LogP contribution in [0.2, 0.25) is 5.02 Å². The van der Waals surface area contributed by atoms with Crippen LogP contribution in [0.4, 0.5) is 5.69 Å². The van der Waals surface area contributed by atoms with E-state index in [9.17, 15) is 4.79 Å². The summed E-state index contributed by atoms with van der Waals surface area (Å²) in [6, 6.07) is 13.6. The number of rotatable bonds is 3. The summed E-state index contributed by atoms with van der Waals surface area (Å²) in [7, 11) is 0. The minimum atomic E-state index is -0.961. The van der Waals surface area contributed by atoms with E-state index in [1.807, 2.05) is 17.5 Å². The lowest BCUT2D eigenvalue weighted by Gasteiger charge is -1.95. The van der Waals surface area contributed by atoms with Gasteiger partial charge in [0.15, 0.2) is 0 Å². The lowest BCUT2D eigenvalue weighted by atomic mass is 10.2. The van der Waals surface area contributed by atoms with Gasteiger partial charge in [-0.25, -0.2) is 9.79 Å². The van der Waals surface area contributed by atoms with Crippen LogP contribution in [0.1, 0.15) is 10.4 Å². The number of nitrogens with zero attached hydrogens (tertiary/aromatic N) is 1. The Balaban J connectivity index is 1.89. The highest BCUT2D eigenvalue weighted by Gasteiger charge is 2.04. The Morgan fingerprint density at radius 2 is 1.77 bits per heavy atom. The van der Waals surface area contributed by atoms with E-state index in [1.54, 1.807) is 24.3 Å². The molecule has 0 saturated carbocycles. The third-order valence-electron chi connectivity index (χ3n) is 2.93. The fourth-order valence-corrected chi connectivity index (χ4v) is 2.63. The van der Waals surface area contributed by atoms with Crippen molar-refractivity contribution in [1.82, 2.24) is 0 Å². The number of hydrogen-bond donors (Lipinski definition) is 1. The zero-order chi connectivity index (χ0) is 15.5. The Morgan fingerprint density at radius 3 is 2.41 bits per heavy atom. The van der Waals surface area contributed by atoms with E-state index in [0.29, 0.717) is 21.3 Å². The van der Waals surface area contributed by atoms with E-state index in [2.05, 4.69) is 4.99 Å². The minimum Gasteiger partial charge on any atom is -0.478 e. The van der Waals surface area contributed by atoms with Crippen LogP contribution in [0, 0.1) is 0 Å². The molecular formula is C16H10ClNO3S. The van der Waals surface area contributed by atoms with Gasteiger partial charge in [0.1, 0.15) is 5.76 Å². The Morgan fingerprint density at radius 1 is 1.09 bits per heavy atom. The van der Waals surface area contributed by atoms with Crippen molar-refractivity contribution >= 4 is 34.6 Å². The van der Waals surface area contributed by atoms with Crippen molar-refractivity contribution in [2.45, 2.75) is 0 Å². The molecule has 1 heterocycles. The summed E-state index contributed by atoms with van der Waals surface area (Å²) in [6.45, 7) is 0. The average molecular weight is 332 g/mol. The molecule has 0 atom stereocenters. The van der Waals surface area contributed by atoms with Gasteiger partial charge in [-0.15, -0.1) is 0 Å². The second kappa shape index (κ2) is 6.17. The molecule has 0 aliphatic carbocycles. The first-order valence-electron chi connectivity index (χ1n) is 6.34. The molecule has 0 unspecified atom stereocenters. The zero-order valence-corrected chi connectivity index (χ0v) is 12.8. The molecule has 2 aromatic carbocycles. The lowest BCUT2D eigenvalue weighted by molar-refractivity contribution is 0.0697. The number of aromatic carboxylic acids is 1. The van der Waals surface area contributed by atoms with Gasteiger partial charge in [0, 0.05) is 16.0 Å². The summed E-state index contributed by atoms with van der Waals surface area (Å²) in [4.78, 5) is 15.6. The Hall–Kier alpha value is -2.37. The van der Waals surface area contributed by atoms with Gasteiger partial charge in [0.05, 0.1) is 11.3 Å². The van der Waals surface area contributed by atoms with Crippen molar-refractivity contribution in [1.29, 1.82) is 0 Å². The Labute approximate surface area is 135 Å². The first-order chi connectivity index (χ1) is 10.6. The molecule has 0 aliphatic rings. The van der Waals surface area contributed by atoms with Crippen molar-refractivity contribution in [3.05, 3.63) is 69.4 Å². The van der Waals surface area contributed by atoms with Crippen molar-refractivity contribution in [2.24, 2.45) is 4.99 Å². The van der Waals surface area contributed by atoms with Gasteiger partial charge in [-0.1, -0.05) is 22.9 Å². The summed E-state index contributed by atoms with van der Waals surface area (Å²) in [5, 5.41) is 11.4. The third-order valence-corrected chi connectivity index (χ3v) is 3.89. The molecule has 0 bridgehead atoms. The average Bonchev–Trinajstić information content (AvgIpc) is 2.97. The highest BCUT2D eigenvalue weighted by Crippen LogP contribution is 2.22. The molecule has 0 spiro atoms. The molecule has 110 valence electrons. The van der Waals surface area contributed by atoms with Crippen molar-refractivity contribution in [3.63, 3.8) is 0 Å². The summed E-state index contributed by atoms with van der Waals surface area (Å²) >= 11 is 7.23. The third kappa shape index (κ3) is 3.27. The molecule has 3 rings (SSSR count). The number of halogens is 1. The second-order valence-electron chi connectivity index (χ2n) is 4.44. The topological polar surface area (TPSA) is 62.8 Å². The number of carboxylic acids is 1. The van der Waals surface area contributed by atoms with Gasteiger partial charge in [-0.05, 0) is 48.5 Å². The van der Waals surface area contributed by atoms with Crippen LogP contribution >= 0.6 is 22.9 Å². The van der Waals surface area contributed by atoms with Crippen LogP contribution < -0.4 is 4.87 Å². The van der Waals surface area contributed by atoms with E-state index < -0.39 is 5.97 Å². The molecule has 6 heteroatoms.